The van der Waals surface area contributed by atoms with E-state index >= 15 is 0 Å². The molecule has 1 aliphatic rings. The molecule has 2 aromatic heterocycles. The Hall–Kier alpha value is -2.88. The second-order valence-electron chi connectivity index (χ2n) is 6.86. The Balaban J connectivity index is 0.00000225. The zero-order valence-electron chi connectivity index (χ0n) is 15.4. The van der Waals surface area contributed by atoms with Gasteiger partial charge in [-0.1, -0.05) is 24.3 Å². The molecule has 0 radical (unpaired) electrons. The first-order valence-electron chi connectivity index (χ1n) is 9.16. The summed E-state index contributed by atoms with van der Waals surface area (Å²) in [5.74, 6) is 1.26. The average molecular weight is 396 g/mol. The molecule has 1 unspecified atom stereocenters. The smallest absolute Gasteiger partial charge is 0.219 e. The van der Waals surface area contributed by atoms with Crippen molar-refractivity contribution in [1.82, 2.24) is 20.1 Å². The molecular weight excluding hydrogens is 374 g/mol. The fourth-order valence-corrected chi connectivity index (χ4v) is 3.63. The van der Waals surface area contributed by atoms with E-state index in [2.05, 4.69) is 21.5 Å². The highest BCUT2D eigenvalue weighted by Crippen LogP contribution is 2.32. The number of rotatable bonds is 5. The molecular formula is C21H22ClN5O. The molecule has 6 nitrogen and oxygen atoms in total. The van der Waals surface area contributed by atoms with Crippen LogP contribution in [0.2, 0.25) is 0 Å². The van der Waals surface area contributed by atoms with E-state index in [0.717, 1.165) is 42.6 Å². The number of hydrogen-bond acceptors (Lipinski definition) is 5. The minimum atomic E-state index is 0. The van der Waals surface area contributed by atoms with Crippen LogP contribution < -0.4 is 5.32 Å². The molecule has 0 saturated heterocycles. The molecule has 2 heterocycles. The van der Waals surface area contributed by atoms with Gasteiger partial charge in [-0.3, -0.25) is 0 Å². The van der Waals surface area contributed by atoms with E-state index in [1.165, 1.54) is 4.68 Å². The van der Waals surface area contributed by atoms with Gasteiger partial charge in [0.15, 0.2) is 5.82 Å². The van der Waals surface area contributed by atoms with Crippen molar-refractivity contribution in [3.63, 3.8) is 0 Å². The lowest BCUT2D eigenvalue weighted by molar-refractivity contribution is 0.398. The van der Waals surface area contributed by atoms with Crippen LogP contribution in [0.1, 0.15) is 28.8 Å². The molecule has 1 atom stereocenters. The minimum absolute atomic E-state index is 0. The van der Waals surface area contributed by atoms with E-state index in [-0.39, 0.29) is 18.3 Å². The molecule has 1 aromatic carbocycles. The first-order chi connectivity index (χ1) is 13.3. The number of halogens is 1. The Labute approximate surface area is 170 Å². The van der Waals surface area contributed by atoms with Gasteiger partial charge in [0.1, 0.15) is 0 Å². The maximum atomic E-state index is 10.6. The third-order valence-corrected chi connectivity index (χ3v) is 5.07. The molecule has 28 heavy (non-hydrogen) atoms. The van der Waals surface area contributed by atoms with Crippen LogP contribution in [0.4, 0.5) is 0 Å². The topological polar surface area (TPSA) is 86.8 Å². The highest BCUT2D eigenvalue weighted by atomic mass is 35.5. The second-order valence-corrected chi connectivity index (χ2v) is 6.86. The number of aryl methyl sites for hydroxylation is 1. The van der Waals surface area contributed by atoms with Crippen LogP contribution >= 0.6 is 12.4 Å². The second kappa shape index (κ2) is 8.87. The number of hydrogen-bond donors (Lipinski definition) is 2. The van der Waals surface area contributed by atoms with Crippen molar-refractivity contribution in [2.45, 2.75) is 25.8 Å². The van der Waals surface area contributed by atoms with Gasteiger partial charge in [-0.25, -0.2) is 4.98 Å². The summed E-state index contributed by atoms with van der Waals surface area (Å²) in [5, 5.41) is 27.8. The molecule has 7 heteroatoms. The number of nitriles is 1. The van der Waals surface area contributed by atoms with Crippen LogP contribution in [0.3, 0.4) is 0 Å². The van der Waals surface area contributed by atoms with E-state index in [9.17, 15) is 10.4 Å². The SMILES string of the molecule is Cl.N#Cc1ccccc1CNCC1CCc2nn(-c3ccccn3)c(O)c2C1. The molecule has 0 spiro atoms. The van der Waals surface area contributed by atoms with Crippen molar-refractivity contribution in [3.05, 3.63) is 71.0 Å². The van der Waals surface area contributed by atoms with Crippen LogP contribution in [-0.4, -0.2) is 26.4 Å². The van der Waals surface area contributed by atoms with E-state index in [4.69, 9.17) is 0 Å². The van der Waals surface area contributed by atoms with Gasteiger partial charge in [0, 0.05) is 18.3 Å². The summed E-state index contributed by atoms with van der Waals surface area (Å²) in [6, 6.07) is 15.5. The van der Waals surface area contributed by atoms with Crippen LogP contribution in [0.15, 0.2) is 48.7 Å². The number of nitrogens with one attached hydrogen (secondary N) is 1. The summed E-state index contributed by atoms with van der Waals surface area (Å²) >= 11 is 0. The molecule has 0 bridgehead atoms. The van der Waals surface area contributed by atoms with Crippen molar-refractivity contribution < 1.29 is 5.11 Å². The number of nitrogens with zero attached hydrogens (tertiary/aromatic N) is 4. The van der Waals surface area contributed by atoms with E-state index in [0.29, 0.717) is 23.8 Å². The van der Waals surface area contributed by atoms with Crippen molar-refractivity contribution >= 4 is 12.4 Å². The largest absolute Gasteiger partial charge is 0.493 e. The third-order valence-electron chi connectivity index (χ3n) is 5.07. The van der Waals surface area contributed by atoms with Crippen molar-refractivity contribution in [2.24, 2.45) is 5.92 Å². The molecule has 2 N–H and O–H groups in total. The lowest BCUT2D eigenvalue weighted by Gasteiger charge is -2.21. The highest BCUT2D eigenvalue weighted by molar-refractivity contribution is 5.85. The summed E-state index contributed by atoms with van der Waals surface area (Å²) in [6.45, 7) is 1.51. The Kier molecular flexibility index (Phi) is 6.30. The number of pyridine rings is 1. The van der Waals surface area contributed by atoms with Crippen LogP contribution in [0.25, 0.3) is 5.82 Å². The molecule has 0 fully saturated rings. The van der Waals surface area contributed by atoms with Crippen LogP contribution in [-0.2, 0) is 19.4 Å². The Morgan fingerprint density at radius 1 is 1.21 bits per heavy atom. The zero-order valence-corrected chi connectivity index (χ0v) is 16.2. The number of aromatic nitrogens is 3. The van der Waals surface area contributed by atoms with Gasteiger partial charge in [-0.05, 0) is 55.5 Å². The monoisotopic (exact) mass is 395 g/mol. The maximum Gasteiger partial charge on any atom is 0.219 e. The van der Waals surface area contributed by atoms with Crippen molar-refractivity contribution in [1.29, 1.82) is 5.26 Å². The first-order valence-corrected chi connectivity index (χ1v) is 9.16. The first kappa shape index (κ1) is 19.9. The highest BCUT2D eigenvalue weighted by Gasteiger charge is 2.26. The third kappa shape index (κ3) is 4.01. The lowest BCUT2D eigenvalue weighted by atomic mass is 9.87. The number of benzene rings is 1. The zero-order chi connectivity index (χ0) is 18.6. The normalized spacial score (nSPS) is 15.3. The molecule has 1 aliphatic carbocycles. The predicted molar refractivity (Wildman–Crippen MR) is 109 cm³/mol. The summed E-state index contributed by atoms with van der Waals surface area (Å²) in [7, 11) is 0. The summed E-state index contributed by atoms with van der Waals surface area (Å²) < 4.78 is 1.53. The molecule has 3 aromatic rings. The summed E-state index contributed by atoms with van der Waals surface area (Å²) in [5.41, 5.74) is 3.62. The van der Waals surface area contributed by atoms with E-state index < -0.39 is 0 Å². The predicted octanol–water partition coefficient (Wildman–Crippen LogP) is 3.16. The fourth-order valence-electron chi connectivity index (χ4n) is 3.63. The number of fused-ring (bicyclic) bond motifs is 1. The molecule has 144 valence electrons. The van der Waals surface area contributed by atoms with Gasteiger partial charge >= 0.3 is 0 Å². The molecule has 0 amide bonds. The molecule has 0 saturated carbocycles. The lowest BCUT2D eigenvalue weighted by Crippen LogP contribution is -2.27. The van der Waals surface area contributed by atoms with Gasteiger partial charge in [0.25, 0.3) is 0 Å². The van der Waals surface area contributed by atoms with Crippen LogP contribution in [0, 0.1) is 17.2 Å². The minimum Gasteiger partial charge on any atom is -0.493 e. The van der Waals surface area contributed by atoms with Gasteiger partial charge in [0.2, 0.25) is 5.88 Å². The Morgan fingerprint density at radius 3 is 2.82 bits per heavy atom. The standard InChI is InChI=1S/C21H21N5O.ClH/c22-12-16-5-1-2-6-17(16)14-23-13-15-8-9-19-18(11-15)21(27)26(25-19)20-7-3-4-10-24-20;/h1-7,10,15,23,27H,8-9,11,13-14H2;1H. The average Bonchev–Trinajstić information content (AvgIpc) is 3.05. The summed E-state index contributed by atoms with van der Waals surface area (Å²) in [6.07, 6.45) is 4.37. The Bertz CT molecular complexity index is 980. The quantitative estimate of drug-likeness (QED) is 0.692. The van der Waals surface area contributed by atoms with Crippen molar-refractivity contribution in [3.8, 4) is 17.8 Å². The van der Waals surface area contributed by atoms with Gasteiger partial charge < -0.3 is 10.4 Å². The summed E-state index contributed by atoms with van der Waals surface area (Å²) in [4.78, 5) is 4.27. The van der Waals surface area contributed by atoms with Gasteiger partial charge in [0.05, 0.1) is 17.3 Å². The van der Waals surface area contributed by atoms with Crippen LogP contribution in [0.5, 0.6) is 5.88 Å². The van der Waals surface area contributed by atoms with Gasteiger partial charge in [-0.2, -0.15) is 15.0 Å². The van der Waals surface area contributed by atoms with E-state index in [1.54, 1.807) is 6.20 Å². The Morgan fingerprint density at radius 2 is 2.04 bits per heavy atom. The maximum absolute atomic E-state index is 10.6. The molecule has 4 rings (SSSR count). The number of aromatic hydroxyl groups is 1. The molecule has 0 aliphatic heterocycles. The van der Waals surface area contributed by atoms with Crippen molar-refractivity contribution in [2.75, 3.05) is 6.54 Å². The van der Waals surface area contributed by atoms with E-state index in [1.807, 2.05) is 42.5 Å². The van der Waals surface area contributed by atoms with Gasteiger partial charge in [-0.15, -0.1) is 12.4 Å². The fraction of sp³-hybridized carbons (Fsp3) is 0.286.